The van der Waals surface area contributed by atoms with Crippen LogP contribution >= 0.6 is 22.6 Å². The average molecular weight is 400 g/mol. The molecule has 1 aromatic rings. The van der Waals surface area contributed by atoms with Crippen LogP contribution in [0.1, 0.15) is 12.5 Å². The maximum Gasteiger partial charge on any atom is 0.573 e. The molecule has 0 N–H and O–H groups in total. The van der Waals surface area contributed by atoms with Gasteiger partial charge in [0.05, 0.1) is 15.7 Å². The maximum absolute atomic E-state index is 12.6. The predicted octanol–water partition coefficient (Wildman–Crippen LogP) is 4.61. The molecule has 0 amide bonds. The van der Waals surface area contributed by atoms with Gasteiger partial charge in [0.25, 0.3) is 0 Å². The zero-order valence-corrected chi connectivity index (χ0v) is 11.5. The Morgan fingerprint density at radius 1 is 1.05 bits per heavy atom. The predicted molar refractivity (Wildman–Crippen MR) is 62.0 cm³/mol. The average Bonchev–Trinajstić information content (AvgIpc) is 2.19. The van der Waals surface area contributed by atoms with E-state index in [0.29, 0.717) is 12.1 Å². The molecule has 0 unspecified atom stereocenters. The minimum Gasteiger partial charge on any atom is -0.493 e. The second-order valence-electron chi connectivity index (χ2n) is 3.26. The molecule has 0 spiro atoms. The van der Waals surface area contributed by atoms with Crippen molar-refractivity contribution >= 4 is 22.6 Å². The molecule has 0 bridgehead atoms. The van der Waals surface area contributed by atoms with Crippen molar-refractivity contribution < 1.29 is 35.8 Å². The van der Waals surface area contributed by atoms with Crippen LogP contribution in [-0.4, -0.2) is 13.0 Å². The molecule has 0 saturated heterocycles. The number of hydrogen-bond donors (Lipinski definition) is 0. The van der Waals surface area contributed by atoms with Crippen molar-refractivity contribution in [2.45, 2.75) is 19.5 Å². The van der Waals surface area contributed by atoms with Gasteiger partial charge < -0.3 is 9.47 Å². The summed E-state index contributed by atoms with van der Waals surface area (Å²) in [5.41, 5.74) is -1.50. The van der Waals surface area contributed by atoms with Crippen molar-refractivity contribution in [1.82, 2.24) is 0 Å². The Kier molecular flexibility index (Phi) is 4.80. The Labute approximate surface area is 117 Å². The third-order valence-corrected chi connectivity index (χ3v) is 2.71. The lowest BCUT2D eigenvalue weighted by molar-refractivity contribution is -0.276. The molecule has 0 atom stereocenters. The van der Waals surface area contributed by atoms with Gasteiger partial charge in [0.1, 0.15) is 11.5 Å². The van der Waals surface area contributed by atoms with Gasteiger partial charge in [-0.3, -0.25) is 0 Å². The number of benzene rings is 1. The van der Waals surface area contributed by atoms with E-state index in [1.165, 1.54) is 0 Å². The van der Waals surface area contributed by atoms with Crippen molar-refractivity contribution in [3.63, 3.8) is 0 Å². The molecule has 1 rings (SSSR count). The molecule has 0 radical (unpaired) electrons. The highest BCUT2D eigenvalue weighted by atomic mass is 127. The third kappa shape index (κ3) is 4.62. The number of ether oxygens (including phenoxy) is 2. The highest BCUT2D eigenvalue weighted by Gasteiger charge is 2.40. The number of rotatable bonds is 3. The summed E-state index contributed by atoms with van der Waals surface area (Å²) < 4.78 is 82.6. The van der Waals surface area contributed by atoms with Crippen LogP contribution in [0.3, 0.4) is 0 Å². The van der Waals surface area contributed by atoms with E-state index in [9.17, 15) is 26.3 Å². The summed E-state index contributed by atoms with van der Waals surface area (Å²) in [5.74, 6) is -1.43. The minimum atomic E-state index is -5.21. The first-order valence-electron chi connectivity index (χ1n) is 4.84. The van der Waals surface area contributed by atoms with Crippen molar-refractivity contribution in [3.05, 3.63) is 21.3 Å². The summed E-state index contributed by atoms with van der Waals surface area (Å²) >= 11 is 1.54. The van der Waals surface area contributed by atoms with Gasteiger partial charge in [0.2, 0.25) is 0 Å². The van der Waals surface area contributed by atoms with E-state index < -0.39 is 23.9 Å². The number of halogens is 7. The first kappa shape index (κ1) is 16.2. The van der Waals surface area contributed by atoms with E-state index >= 15 is 0 Å². The highest BCUT2D eigenvalue weighted by Crippen LogP contribution is 2.42. The molecule has 0 aromatic heterocycles. The third-order valence-electron chi connectivity index (χ3n) is 1.87. The molecule has 0 aliphatic rings. The van der Waals surface area contributed by atoms with E-state index in [2.05, 4.69) is 4.74 Å². The van der Waals surface area contributed by atoms with Gasteiger partial charge in [-0.1, -0.05) is 0 Å². The van der Waals surface area contributed by atoms with E-state index in [4.69, 9.17) is 4.74 Å². The smallest absolute Gasteiger partial charge is 0.493 e. The van der Waals surface area contributed by atoms with Gasteiger partial charge >= 0.3 is 12.5 Å². The minimum absolute atomic E-state index is 0.0429. The van der Waals surface area contributed by atoms with E-state index in [0.717, 1.165) is 0 Å². The summed E-state index contributed by atoms with van der Waals surface area (Å²) in [6.07, 6.45) is -10.2. The van der Waals surface area contributed by atoms with Crippen molar-refractivity contribution in [1.29, 1.82) is 0 Å². The van der Waals surface area contributed by atoms with Crippen LogP contribution in [0.4, 0.5) is 26.3 Å². The first-order chi connectivity index (χ1) is 8.54. The molecule has 0 heterocycles. The summed E-state index contributed by atoms with van der Waals surface area (Å²) in [6.45, 7) is 1.66. The van der Waals surface area contributed by atoms with E-state index in [-0.39, 0.29) is 15.9 Å². The van der Waals surface area contributed by atoms with Gasteiger partial charge in [-0.15, -0.1) is 13.2 Å². The molecular formula is C10H7F6IO2. The normalized spacial score (nSPS) is 12.4. The van der Waals surface area contributed by atoms with Gasteiger partial charge in [-0.2, -0.15) is 13.2 Å². The van der Waals surface area contributed by atoms with E-state index in [1.54, 1.807) is 29.5 Å². The summed E-state index contributed by atoms with van der Waals surface area (Å²) in [5, 5.41) is 0. The van der Waals surface area contributed by atoms with Crippen LogP contribution in [-0.2, 0) is 6.18 Å². The molecule has 19 heavy (non-hydrogen) atoms. The van der Waals surface area contributed by atoms with Crippen molar-refractivity contribution in [3.8, 4) is 11.5 Å². The zero-order valence-electron chi connectivity index (χ0n) is 9.32. The van der Waals surface area contributed by atoms with Crippen molar-refractivity contribution in [2.24, 2.45) is 0 Å². The molecule has 0 aliphatic heterocycles. The molecule has 2 nitrogen and oxygen atoms in total. The lowest BCUT2D eigenvalue weighted by Gasteiger charge is -2.17. The summed E-state index contributed by atoms with van der Waals surface area (Å²) in [6, 6.07) is 1.13. The SMILES string of the molecule is CCOc1cc(OC(F)(F)F)c(C(F)(F)F)cc1I. The van der Waals surface area contributed by atoms with Gasteiger partial charge in [-0.05, 0) is 35.6 Å². The molecular weight excluding hydrogens is 393 g/mol. The summed E-state index contributed by atoms with van der Waals surface area (Å²) in [7, 11) is 0. The topological polar surface area (TPSA) is 18.5 Å². The second-order valence-corrected chi connectivity index (χ2v) is 4.42. The van der Waals surface area contributed by atoms with E-state index in [1.807, 2.05) is 0 Å². The lowest BCUT2D eigenvalue weighted by atomic mass is 10.2. The standard InChI is InChI=1S/C10H7F6IO2/c1-2-18-8-4-7(19-10(14,15)16)5(3-6(8)17)9(11,12)13/h3-4H,2H2,1H3. The Bertz CT molecular complexity index is 455. The lowest BCUT2D eigenvalue weighted by Crippen LogP contribution is -2.20. The fourth-order valence-electron chi connectivity index (χ4n) is 1.23. The Hall–Kier alpha value is -0.870. The number of alkyl halides is 6. The number of hydrogen-bond acceptors (Lipinski definition) is 2. The Morgan fingerprint density at radius 3 is 2.05 bits per heavy atom. The molecule has 0 fully saturated rings. The molecule has 0 aliphatic carbocycles. The van der Waals surface area contributed by atoms with Gasteiger partial charge in [0, 0.05) is 6.07 Å². The monoisotopic (exact) mass is 400 g/mol. The van der Waals surface area contributed by atoms with Gasteiger partial charge in [-0.25, -0.2) is 0 Å². The fourth-order valence-corrected chi connectivity index (χ4v) is 1.85. The first-order valence-corrected chi connectivity index (χ1v) is 5.91. The second kappa shape index (κ2) is 5.63. The van der Waals surface area contributed by atoms with Crippen LogP contribution in [0.25, 0.3) is 0 Å². The summed E-state index contributed by atoms with van der Waals surface area (Å²) in [4.78, 5) is 0. The molecule has 0 saturated carbocycles. The molecule has 108 valence electrons. The zero-order chi connectivity index (χ0) is 14.8. The van der Waals surface area contributed by atoms with Crippen LogP contribution in [0.2, 0.25) is 0 Å². The maximum atomic E-state index is 12.6. The largest absolute Gasteiger partial charge is 0.573 e. The Balaban J connectivity index is 3.33. The van der Waals surface area contributed by atoms with Crippen LogP contribution in [0.5, 0.6) is 11.5 Å². The Morgan fingerprint density at radius 2 is 1.63 bits per heavy atom. The highest BCUT2D eigenvalue weighted by molar-refractivity contribution is 14.1. The van der Waals surface area contributed by atoms with Gasteiger partial charge in [0.15, 0.2) is 0 Å². The van der Waals surface area contributed by atoms with Crippen LogP contribution < -0.4 is 9.47 Å². The molecule has 9 heteroatoms. The van der Waals surface area contributed by atoms with Crippen molar-refractivity contribution in [2.75, 3.05) is 6.61 Å². The van der Waals surface area contributed by atoms with Crippen LogP contribution in [0, 0.1) is 3.57 Å². The van der Waals surface area contributed by atoms with Crippen LogP contribution in [0.15, 0.2) is 12.1 Å². The quantitative estimate of drug-likeness (QED) is 0.545. The molecule has 1 aromatic carbocycles. The fraction of sp³-hybridized carbons (Fsp3) is 0.400.